The lowest BCUT2D eigenvalue weighted by atomic mass is 10.1. The van der Waals surface area contributed by atoms with Crippen molar-refractivity contribution in [2.45, 2.75) is 90.9 Å². The third-order valence-corrected chi connectivity index (χ3v) is 6.43. The number of para-hydroxylation sites is 2. The lowest BCUT2D eigenvalue weighted by Gasteiger charge is -2.09. The average molecular weight is 491 g/mol. The van der Waals surface area contributed by atoms with Gasteiger partial charge < -0.3 is 10.6 Å². The highest BCUT2D eigenvalue weighted by atomic mass is 14.9. The Hall–Kier alpha value is -2.62. The summed E-state index contributed by atoms with van der Waals surface area (Å²) in [6.45, 7) is 7.95. The maximum atomic E-state index is 4.63. The van der Waals surface area contributed by atoms with E-state index in [2.05, 4.69) is 83.0 Å². The molecule has 0 unspecified atom stereocenters. The van der Waals surface area contributed by atoms with Crippen molar-refractivity contribution in [3.8, 4) is 0 Å². The number of hydrogen-bond acceptors (Lipinski definition) is 4. The molecular weight excluding hydrogens is 440 g/mol. The molecule has 0 aliphatic heterocycles. The van der Waals surface area contributed by atoms with E-state index in [1.807, 2.05) is 12.4 Å². The van der Waals surface area contributed by atoms with Crippen molar-refractivity contribution in [2.75, 3.05) is 36.8 Å². The zero-order valence-electron chi connectivity index (χ0n) is 23.0. The molecule has 198 valence electrons. The average Bonchev–Trinajstić information content (AvgIpc) is 2.91. The molecule has 2 rings (SSSR count). The molecule has 0 bridgehead atoms. The Labute approximate surface area is 221 Å². The molecule has 2 aromatic rings. The number of aliphatic imine (C=N–C) groups is 2. The molecule has 0 saturated carbocycles. The molecule has 0 saturated heterocycles. The van der Waals surface area contributed by atoms with E-state index in [0.717, 1.165) is 24.2 Å². The van der Waals surface area contributed by atoms with Gasteiger partial charge in [0.25, 0.3) is 0 Å². The summed E-state index contributed by atoms with van der Waals surface area (Å²) in [5.41, 5.74) is 4.64. The highest BCUT2D eigenvalue weighted by Crippen LogP contribution is 2.15. The predicted octanol–water partition coefficient (Wildman–Crippen LogP) is 8.77. The first-order chi connectivity index (χ1) is 17.8. The van der Waals surface area contributed by atoms with Gasteiger partial charge >= 0.3 is 0 Å². The maximum absolute atomic E-state index is 4.63. The molecule has 0 heterocycles. The van der Waals surface area contributed by atoms with Crippen LogP contribution in [0.25, 0.3) is 0 Å². The Balaban J connectivity index is 1.70. The van der Waals surface area contributed by atoms with Crippen LogP contribution in [0.2, 0.25) is 0 Å². The Morgan fingerprint density at radius 3 is 1.36 bits per heavy atom. The minimum absolute atomic E-state index is 0.690. The highest BCUT2D eigenvalue weighted by Gasteiger charge is 2.00. The monoisotopic (exact) mass is 490 g/mol. The lowest BCUT2D eigenvalue weighted by Crippen LogP contribution is -2.04. The van der Waals surface area contributed by atoms with Crippen LogP contribution >= 0.6 is 0 Å². The number of anilines is 2. The van der Waals surface area contributed by atoms with Gasteiger partial charge in [-0.1, -0.05) is 114 Å². The molecule has 0 fully saturated rings. The molecule has 0 aromatic heterocycles. The van der Waals surface area contributed by atoms with Gasteiger partial charge in [0.2, 0.25) is 0 Å². The third-order valence-electron chi connectivity index (χ3n) is 6.43. The van der Waals surface area contributed by atoms with Crippen LogP contribution in [0.4, 0.5) is 11.4 Å². The molecule has 2 N–H and O–H groups in total. The standard InChI is InChI=1S/C32H50N4/c1-3-5-7-9-11-17-23-35-31-21-15-13-19-29(31)27-33-25-26-34-28-30-20-14-16-22-32(30)36-24-18-12-10-8-6-4-2/h13-16,19-22,27-28,35-36H,3-12,17-18,23-26H2,1-2H3. The van der Waals surface area contributed by atoms with Crippen molar-refractivity contribution >= 4 is 23.8 Å². The first-order valence-corrected chi connectivity index (χ1v) is 14.5. The summed E-state index contributed by atoms with van der Waals surface area (Å²) in [6.07, 6.45) is 19.8. The van der Waals surface area contributed by atoms with Crippen molar-refractivity contribution in [2.24, 2.45) is 9.98 Å². The largest absolute Gasteiger partial charge is 0.385 e. The first-order valence-electron chi connectivity index (χ1n) is 14.5. The topological polar surface area (TPSA) is 48.8 Å². The zero-order valence-corrected chi connectivity index (χ0v) is 23.0. The van der Waals surface area contributed by atoms with Crippen LogP contribution in [-0.2, 0) is 0 Å². The van der Waals surface area contributed by atoms with Crippen molar-refractivity contribution < 1.29 is 0 Å². The van der Waals surface area contributed by atoms with Crippen molar-refractivity contribution in [3.05, 3.63) is 59.7 Å². The summed E-state index contributed by atoms with van der Waals surface area (Å²) in [7, 11) is 0. The van der Waals surface area contributed by atoms with Crippen LogP contribution in [-0.4, -0.2) is 38.6 Å². The van der Waals surface area contributed by atoms with Gasteiger partial charge in [-0.2, -0.15) is 0 Å². The molecule has 4 heteroatoms. The second-order valence-electron chi connectivity index (χ2n) is 9.63. The quantitative estimate of drug-likeness (QED) is 0.136. The number of benzene rings is 2. The number of unbranched alkanes of at least 4 members (excludes halogenated alkanes) is 10. The van der Waals surface area contributed by atoms with E-state index in [1.54, 1.807) is 0 Å². The van der Waals surface area contributed by atoms with E-state index in [0.29, 0.717) is 13.1 Å². The van der Waals surface area contributed by atoms with Gasteiger partial charge in [0.1, 0.15) is 0 Å². The summed E-state index contributed by atoms with van der Waals surface area (Å²) in [4.78, 5) is 9.26. The van der Waals surface area contributed by atoms with E-state index in [1.165, 1.54) is 88.4 Å². The van der Waals surface area contributed by atoms with Gasteiger partial charge in [0.15, 0.2) is 0 Å². The van der Waals surface area contributed by atoms with Crippen molar-refractivity contribution in [1.29, 1.82) is 0 Å². The fourth-order valence-electron chi connectivity index (χ4n) is 4.24. The van der Waals surface area contributed by atoms with Gasteiger partial charge in [-0.15, -0.1) is 0 Å². The van der Waals surface area contributed by atoms with Crippen LogP contribution in [0.1, 0.15) is 102 Å². The summed E-state index contributed by atoms with van der Waals surface area (Å²) >= 11 is 0. The molecule has 0 amide bonds. The molecular formula is C32H50N4. The second-order valence-corrected chi connectivity index (χ2v) is 9.63. The van der Waals surface area contributed by atoms with E-state index in [-0.39, 0.29) is 0 Å². The summed E-state index contributed by atoms with van der Waals surface area (Å²) in [5, 5.41) is 7.18. The van der Waals surface area contributed by atoms with Crippen molar-refractivity contribution in [1.82, 2.24) is 0 Å². The maximum Gasteiger partial charge on any atom is 0.0585 e. The zero-order chi connectivity index (χ0) is 25.5. The second kappa shape index (κ2) is 20.6. The minimum Gasteiger partial charge on any atom is -0.385 e. The summed E-state index contributed by atoms with van der Waals surface area (Å²) in [6, 6.07) is 16.9. The van der Waals surface area contributed by atoms with Gasteiger partial charge in [-0.3, -0.25) is 9.98 Å². The molecule has 0 radical (unpaired) electrons. The minimum atomic E-state index is 0.690. The van der Waals surface area contributed by atoms with E-state index >= 15 is 0 Å². The van der Waals surface area contributed by atoms with Gasteiger partial charge in [-0.25, -0.2) is 0 Å². The van der Waals surface area contributed by atoms with E-state index in [4.69, 9.17) is 0 Å². The fraction of sp³-hybridized carbons (Fsp3) is 0.562. The summed E-state index contributed by atoms with van der Waals surface area (Å²) < 4.78 is 0. The molecule has 36 heavy (non-hydrogen) atoms. The van der Waals surface area contributed by atoms with Gasteiger partial charge in [-0.05, 0) is 25.0 Å². The third kappa shape index (κ3) is 13.5. The predicted molar refractivity (Wildman–Crippen MR) is 162 cm³/mol. The SMILES string of the molecule is CCCCCCCCNc1ccccc1C=NCCN=Cc1ccccc1NCCCCCCCC. The Kier molecular flexibility index (Phi) is 16.9. The highest BCUT2D eigenvalue weighted by molar-refractivity contribution is 5.88. The Morgan fingerprint density at radius 1 is 0.528 bits per heavy atom. The van der Waals surface area contributed by atoms with Gasteiger partial charge in [0.05, 0.1) is 13.1 Å². The first kappa shape index (κ1) is 29.6. The number of nitrogens with zero attached hydrogens (tertiary/aromatic N) is 2. The van der Waals surface area contributed by atoms with Crippen LogP contribution in [0.5, 0.6) is 0 Å². The van der Waals surface area contributed by atoms with E-state index < -0.39 is 0 Å². The number of rotatable bonds is 21. The Bertz CT molecular complexity index is 787. The number of hydrogen-bond donors (Lipinski definition) is 2. The normalized spacial score (nSPS) is 11.5. The smallest absolute Gasteiger partial charge is 0.0585 e. The lowest BCUT2D eigenvalue weighted by molar-refractivity contribution is 0.617. The fourth-order valence-corrected chi connectivity index (χ4v) is 4.24. The van der Waals surface area contributed by atoms with Crippen LogP contribution in [0.15, 0.2) is 58.5 Å². The van der Waals surface area contributed by atoms with Crippen LogP contribution < -0.4 is 10.6 Å². The van der Waals surface area contributed by atoms with Crippen LogP contribution in [0.3, 0.4) is 0 Å². The molecule has 0 aliphatic carbocycles. The summed E-state index contributed by atoms with van der Waals surface area (Å²) in [5.74, 6) is 0. The van der Waals surface area contributed by atoms with Crippen molar-refractivity contribution in [3.63, 3.8) is 0 Å². The molecule has 0 spiro atoms. The van der Waals surface area contributed by atoms with Crippen LogP contribution in [0, 0.1) is 0 Å². The van der Waals surface area contributed by atoms with Gasteiger partial charge in [0, 0.05) is 48.0 Å². The molecule has 2 aromatic carbocycles. The number of nitrogens with one attached hydrogen (secondary N) is 2. The Morgan fingerprint density at radius 2 is 0.917 bits per heavy atom. The van der Waals surface area contributed by atoms with E-state index in [9.17, 15) is 0 Å². The molecule has 0 atom stereocenters. The molecule has 4 nitrogen and oxygen atoms in total. The molecule has 0 aliphatic rings.